The summed E-state index contributed by atoms with van der Waals surface area (Å²) in [6.07, 6.45) is -26.1. The molecule has 0 spiro atoms. The molecule has 0 bridgehead atoms. The van der Waals surface area contributed by atoms with Gasteiger partial charge >= 0.3 is 0 Å². The van der Waals surface area contributed by atoms with E-state index in [0.717, 1.165) is 6.07 Å². The van der Waals surface area contributed by atoms with E-state index < -0.39 is 123 Å². The predicted octanol–water partition coefficient (Wildman–Crippen LogP) is -3.33. The molecule has 6 rings (SSSR count). The Labute approximate surface area is 306 Å². The highest BCUT2D eigenvalue weighted by Crippen LogP contribution is 2.44. The number of hydrogen-bond acceptors (Lipinski definition) is 20. The number of phenols is 2. The standard InChI is InChI=1S/C34H44O20/c1-11-23(39)25(41)28(44)32(49-11)48-10-21-31(54-34-29(45)26(42)24(40)20(9-35)52-34)27(43)30(46)33(53-21)50-13-6-15(37)22-16(38)8-18(51-19(22)7-13)12-3-4-17(47-2)14(36)5-12/h3-7,11,18,20-21,23-37,39-46H,8-10H2,1-2H3/t11?,18?,20?,21?,23-,24+,25-,26+,27-,28?,29?,30?,31+,32+,33+,34+/m0/s1. The van der Waals surface area contributed by atoms with Crippen molar-refractivity contribution in [3.05, 3.63) is 41.5 Å². The number of aliphatic hydroxyl groups excluding tert-OH is 9. The first-order valence-corrected chi connectivity index (χ1v) is 17.0. The van der Waals surface area contributed by atoms with E-state index >= 15 is 0 Å². The lowest BCUT2D eigenvalue weighted by molar-refractivity contribution is -0.359. The number of methoxy groups -OCH3 is 1. The third-order valence-electron chi connectivity index (χ3n) is 9.81. The Balaban J connectivity index is 1.24. The van der Waals surface area contributed by atoms with E-state index in [-0.39, 0.29) is 35.0 Å². The minimum atomic E-state index is -1.96. The molecule has 4 aliphatic heterocycles. The molecule has 0 saturated carbocycles. The summed E-state index contributed by atoms with van der Waals surface area (Å²) in [5.74, 6) is -1.36. The molecular weight excluding hydrogens is 728 g/mol. The lowest BCUT2D eigenvalue weighted by Crippen LogP contribution is -2.65. The number of rotatable bonds is 10. The number of fused-ring (bicyclic) bond motifs is 1. The smallest absolute Gasteiger partial charge is 0.229 e. The van der Waals surface area contributed by atoms with Gasteiger partial charge in [-0.3, -0.25) is 4.79 Å². The number of ketones is 1. The fraction of sp³-hybridized carbons (Fsp3) is 0.618. The Morgan fingerprint density at radius 1 is 0.741 bits per heavy atom. The van der Waals surface area contributed by atoms with Gasteiger partial charge in [-0.2, -0.15) is 0 Å². The largest absolute Gasteiger partial charge is 0.507 e. The summed E-state index contributed by atoms with van der Waals surface area (Å²) in [6, 6.07) is 6.71. The van der Waals surface area contributed by atoms with Gasteiger partial charge in [-0.05, 0) is 24.6 Å². The molecule has 0 radical (unpaired) electrons. The minimum Gasteiger partial charge on any atom is -0.507 e. The third-order valence-corrected chi connectivity index (χ3v) is 9.81. The second-order valence-electron chi connectivity index (χ2n) is 13.4. The van der Waals surface area contributed by atoms with Crippen LogP contribution in [0.4, 0.5) is 0 Å². The summed E-state index contributed by atoms with van der Waals surface area (Å²) in [5.41, 5.74) is 0.261. The number of phenolic OH excluding ortho intramolecular Hbond substituents is 2. The molecule has 0 amide bonds. The van der Waals surface area contributed by atoms with Gasteiger partial charge in [-0.25, -0.2) is 0 Å². The molecule has 4 aliphatic rings. The van der Waals surface area contributed by atoms with Crippen molar-refractivity contribution in [2.24, 2.45) is 0 Å². The fourth-order valence-electron chi connectivity index (χ4n) is 6.69. The summed E-state index contributed by atoms with van der Waals surface area (Å²) in [6.45, 7) is -0.0296. The molecule has 11 N–H and O–H groups in total. The van der Waals surface area contributed by atoms with Crippen molar-refractivity contribution in [3.8, 4) is 28.7 Å². The van der Waals surface area contributed by atoms with Crippen molar-refractivity contribution in [3.63, 3.8) is 0 Å². The number of ether oxygens (including phenoxy) is 8. The number of aromatic hydroxyl groups is 2. The van der Waals surface area contributed by atoms with E-state index in [4.69, 9.17) is 37.9 Å². The molecule has 2 aromatic rings. The predicted molar refractivity (Wildman–Crippen MR) is 173 cm³/mol. The molecule has 7 unspecified atom stereocenters. The van der Waals surface area contributed by atoms with Crippen LogP contribution < -0.4 is 14.2 Å². The molecule has 0 aromatic heterocycles. The average Bonchev–Trinajstić information content (AvgIpc) is 3.14. The van der Waals surface area contributed by atoms with Crippen LogP contribution in [0.1, 0.15) is 35.4 Å². The second kappa shape index (κ2) is 16.3. The number of aliphatic hydroxyl groups is 9. The SMILES string of the molecule is COc1ccc(C2CC(=O)c3c(O)cc(O[C@@H]4OC(CO[C@@H]5OC(C)[C@H](O)[C@H](O)C5O)[C@@H](O[C@H]5OC(CO)[C@@H](O)[C@@H](O)C5O)[C@@H](O)C4O)cc3O2)cc1O. The summed E-state index contributed by atoms with van der Waals surface area (Å²) in [5, 5.41) is 115. The van der Waals surface area contributed by atoms with Gasteiger partial charge in [0.2, 0.25) is 6.29 Å². The van der Waals surface area contributed by atoms with Gasteiger partial charge in [-0.15, -0.1) is 0 Å². The van der Waals surface area contributed by atoms with Gasteiger partial charge < -0.3 is 94.1 Å². The van der Waals surface area contributed by atoms with Crippen LogP contribution in [0.25, 0.3) is 0 Å². The Morgan fingerprint density at radius 2 is 1.41 bits per heavy atom. The first-order valence-electron chi connectivity index (χ1n) is 17.0. The first-order chi connectivity index (χ1) is 25.6. The number of Topliss-reactive ketones (excluding diaryl/α,β-unsaturated/α-hetero) is 1. The quantitative estimate of drug-likeness (QED) is 0.112. The van der Waals surface area contributed by atoms with Gasteiger partial charge in [0.25, 0.3) is 0 Å². The van der Waals surface area contributed by atoms with Gasteiger partial charge in [0.15, 0.2) is 29.9 Å². The van der Waals surface area contributed by atoms with Gasteiger partial charge in [0, 0.05) is 12.1 Å². The maximum atomic E-state index is 13.1. The van der Waals surface area contributed by atoms with Gasteiger partial charge in [0.05, 0.1) is 32.8 Å². The van der Waals surface area contributed by atoms with Crippen LogP contribution in [0.3, 0.4) is 0 Å². The summed E-state index contributed by atoms with van der Waals surface area (Å²) in [4.78, 5) is 13.1. The zero-order valence-corrected chi connectivity index (χ0v) is 28.8. The topological polar surface area (TPSA) is 313 Å². The molecule has 3 fully saturated rings. The summed E-state index contributed by atoms with van der Waals surface area (Å²) in [7, 11) is 1.37. The van der Waals surface area contributed by atoms with Crippen LogP contribution in [0, 0.1) is 0 Å². The van der Waals surface area contributed by atoms with Crippen molar-refractivity contribution in [2.75, 3.05) is 20.3 Å². The number of carbonyl (C=O) groups excluding carboxylic acids is 1. The Kier molecular flexibility index (Phi) is 12.2. The first kappa shape index (κ1) is 40.2. The lowest BCUT2D eigenvalue weighted by Gasteiger charge is -2.46. The summed E-state index contributed by atoms with van der Waals surface area (Å²) >= 11 is 0. The molecule has 2 aromatic carbocycles. The number of carbonyl (C=O) groups is 1. The highest BCUT2D eigenvalue weighted by Gasteiger charge is 2.52. The molecule has 300 valence electrons. The molecule has 20 nitrogen and oxygen atoms in total. The molecular formula is C34H44O20. The minimum absolute atomic E-state index is 0.116. The van der Waals surface area contributed by atoms with Gasteiger partial charge in [-0.1, -0.05) is 6.07 Å². The highest BCUT2D eigenvalue weighted by molar-refractivity contribution is 6.02. The normalized spacial score (nSPS) is 39.7. The Hall–Kier alpha value is -3.45. The second-order valence-corrected chi connectivity index (χ2v) is 13.4. The monoisotopic (exact) mass is 772 g/mol. The van der Waals surface area contributed by atoms with Crippen molar-refractivity contribution in [1.82, 2.24) is 0 Å². The third kappa shape index (κ3) is 7.81. The van der Waals surface area contributed by atoms with E-state index in [1.165, 1.54) is 32.2 Å². The summed E-state index contributed by atoms with van der Waals surface area (Å²) < 4.78 is 45.1. The lowest BCUT2D eigenvalue weighted by atomic mass is 9.95. The van der Waals surface area contributed by atoms with E-state index in [9.17, 15) is 61.0 Å². The Bertz CT molecular complexity index is 1620. The van der Waals surface area contributed by atoms with Crippen molar-refractivity contribution < 1.29 is 98.9 Å². The van der Waals surface area contributed by atoms with Crippen LogP contribution >= 0.6 is 0 Å². The zero-order chi connectivity index (χ0) is 39.2. The van der Waals surface area contributed by atoms with E-state index in [1.807, 2.05) is 0 Å². The molecule has 54 heavy (non-hydrogen) atoms. The van der Waals surface area contributed by atoms with Crippen LogP contribution in [0.15, 0.2) is 30.3 Å². The highest BCUT2D eigenvalue weighted by atomic mass is 16.8. The van der Waals surface area contributed by atoms with Gasteiger partial charge in [0.1, 0.15) is 96.1 Å². The van der Waals surface area contributed by atoms with Crippen LogP contribution in [0.2, 0.25) is 0 Å². The zero-order valence-electron chi connectivity index (χ0n) is 28.8. The van der Waals surface area contributed by atoms with Crippen LogP contribution in [0.5, 0.6) is 28.7 Å². The molecule has 3 saturated heterocycles. The maximum Gasteiger partial charge on any atom is 0.229 e. The molecule has 16 atom stereocenters. The molecule has 20 heteroatoms. The van der Waals surface area contributed by atoms with E-state index in [1.54, 1.807) is 6.07 Å². The van der Waals surface area contributed by atoms with Crippen LogP contribution in [-0.2, 0) is 23.7 Å². The van der Waals surface area contributed by atoms with Crippen molar-refractivity contribution >= 4 is 5.78 Å². The Morgan fingerprint density at radius 3 is 2.09 bits per heavy atom. The number of benzene rings is 2. The van der Waals surface area contributed by atoms with Crippen molar-refractivity contribution in [2.45, 2.75) is 112 Å². The average molecular weight is 773 g/mol. The fourth-order valence-corrected chi connectivity index (χ4v) is 6.69. The van der Waals surface area contributed by atoms with E-state index in [2.05, 4.69) is 0 Å². The number of hydrogen-bond donors (Lipinski definition) is 11. The molecule has 4 heterocycles. The van der Waals surface area contributed by atoms with Crippen molar-refractivity contribution in [1.29, 1.82) is 0 Å². The maximum absolute atomic E-state index is 13.1. The van der Waals surface area contributed by atoms with Crippen LogP contribution in [-0.4, -0.2) is 174 Å². The van der Waals surface area contributed by atoms with E-state index in [0.29, 0.717) is 5.56 Å². The molecule has 0 aliphatic carbocycles.